The summed E-state index contributed by atoms with van der Waals surface area (Å²) in [6, 6.07) is 17.0. The maximum absolute atomic E-state index is 5.80. The van der Waals surface area contributed by atoms with Gasteiger partial charge in [0.1, 0.15) is 5.75 Å². The van der Waals surface area contributed by atoms with Crippen LogP contribution in [0.1, 0.15) is 64.4 Å². The Hall–Kier alpha value is -2.20. The highest BCUT2D eigenvalue weighted by Crippen LogP contribution is 2.28. The summed E-state index contributed by atoms with van der Waals surface area (Å²) >= 11 is 0. The minimum atomic E-state index is 0.589. The summed E-state index contributed by atoms with van der Waals surface area (Å²) in [5.41, 5.74) is 3.56. The van der Waals surface area contributed by atoms with Crippen LogP contribution in [0, 0.1) is 23.7 Å². The van der Waals surface area contributed by atoms with Crippen molar-refractivity contribution in [3.8, 4) is 28.7 Å². The molecule has 1 saturated carbocycles. The molecule has 142 valence electrons. The van der Waals surface area contributed by atoms with Gasteiger partial charge < -0.3 is 4.74 Å². The molecule has 0 N–H and O–H groups in total. The van der Waals surface area contributed by atoms with Crippen LogP contribution in [-0.2, 0) is 0 Å². The lowest BCUT2D eigenvalue weighted by Gasteiger charge is -2.21. The first-order chi connectivity index (χ1) is 13.2. The molecule has 3 rings (SSSR count). The fourth-order valence-electron chi connectivity index (χ4n) is 3.62. The lowest BCUT2D eigenvalue weighted by molar-refractivity contribution is 0.306. The monoisotopic (exact) mass is 360 g/mol. The molecule has 0 heterocycles. The Morgan fingerprint density at radius 2 is 1.48 bits per heavy atom. The summed E-state index contributed by atoms with van der Waals surface area (Å²) in [5.74, 6) is 9.30. The van der Waals surface area contributed by atoms with Crippen molar-refractivity contribution in [3.05, 3.63) is 54.1 Å². The van der Waals surface area contributed by atoms with Crippen molar-refractivity contribution < 1.29 is 4.74 Å². The standard InChI is InChI=1S/C26H32O/c1-3-4-5-20-27-26-18-16-25(17-19-26)24-14-12-23(13-15-24)11-10-22-8-6-21(2)7-9-22/h12-19,21-22H,3-9,20H2,1-2H3. The molecule has 0 amide bonds. The average Bonchev–Trinajstić information content (AvgIpc) is 2.72. The first kappa shape index (κ1) is 19.6. The van der Waals surface area contributed by atoms with Crippen LogP contribution in [0.15, 0.2) is 48.5 Å². The van der Waals surface area contributed by atoms with Crippen LogP contribution in [0.4, 0.5) is 0 Å². The third kappa shape index (κ3) is 6.17. The molecule has 0 bridgehead atoms. The average molecular weight is 361 g/mol. The van der Waals surface area contributed by atoms with E-state index < -0.39 is 0 Å². The number of benzene rings is 2. The number of hydrogen-bond donors (Lipinski definition) is 0. The van der Waals surface area contributed by atoms with Gasteiger partial charge in [-0.3, -0.25) is 0 Å². The molecule has 1 heteroatoms. The van der Waals surface area contributed by atoms with Gasteiger partial charge in [0, 0.05) is 11.5 Å². The summed E-state index contributed by atoms with van der Waals surface area (Å²) in [5, 5.41) is 0. The topological polar surface area (TPSA) is 9.23 Å². The summed E-state index contributed by atoms with van der Waals surface area (Å²) in [7, 11) is 0. The van der Waals surface area contributed by atoms with Gasteiger partial charge in [0.2, 0.25) is 0 Å². The smallest absolute Gasteiger partial charge is 0.119 e. The molecule has 2 aromatic rings. The van der Waals surface area contributed by atoms with Crippen LogP contribution in [0.3, 0.4) is 0 Å². The molecule has 0 saturated heterocycles. The van der Waals surface area contributed by atoms with E-state index in [1.54, 1.807) is 0 Å². The zero-order valence-electron chi connectivity index (χ0n) is 16.8. The molecule has 0 radical (unpaired) electrons. The summed E-state index contributed by atoms with van der Waals surface area (Å²) in [6.45, 7) is 5.37. The minimum absolute atomic E-state index is 0.589. The third-order valence-corrected chi connectivity index (χ3v) is 5.53. The zero-order chi connectivity index (χ0) is 18.9. The van der Waals surface area contributed by atoms with Crippen molar-refractivity contribution >= 4 is 0 Å². The Balaban J connectivity index is 1.55. The molecule has 1 aliphatic rings. The van der Waals surface area contributed by atoms with E-state index in [0.717, 1.165) is 30.3 Å². The second-order valence-electron chi connectivity index (χ2n) is 7.88. The van der Waals surface area contributed by atoms with E-state index in [1.165, 1.54) is 49.7 Å². The molecular formula is C26H32O. The molecule has 0 aromatic heterocycles. The van der Waals surface area contributed by atoms with E-state index >= 15 is 0 Å². The van der Waals surface area contributed by atoms with Gasteiger partial charge in [-0.2, -0.15) is 0 Å². The Kier molecular flexibility index (Phi) is 7.40. The van der Waals surface area contributed by atoms with Gasteiger partial charge in [-0.05, 0) is 73.4 Å². The lowest BCUT2D eigenvalue weighted by Crippen LogP contribution is -2.10. The predicted octanol–water partition coefficient (Wildman–Crippen LogP) is 7.10. The maximum Gasteiger partial charge on any atom is 0.119 e. The van der Waals surface area contributed by atoms with Crippen LogP contribution < -0.4 is 4.74 Å². The van der Waals surface area contributed by atoms with Gasteiger partial charge in [0.25, 0.3) is 0 Å². The predicted molar refractivity (Wildman–Crippen MR) is 115 cm³/mol. The Bertz CT molecular complexity index is 738. The van der Waals surface area contributed by atoms with Gasteiger partial charge >= 0.3 is 0 Å². The first-order valence-electron chi connectivity index (χ1n) is 10.6. The van der Waals surface area contributed by atoms with Crippen molar-refractivity contribution in [1.29, 1.82) is 0 Å². The molecule has 0 aliphatic heterocycles. The van der Waals surface area contributed by atoms with Gasteiger partial charge in [0.15, 0.2) is 0 Å². The summed E-state index contributed by atoms with van der Waals surface area (Å²) < 4.78 is 5.80. The van der Waals surface area contributed by atoms with Crippen LogP contribution in [0.25, 0.3) is 11.1 Å². The summed E-state index contributed by atoms with van der Waals surface area (Å²) in [6.07, 6.45) is 8.77. The quantitative estimate of drug-likeness (QED) is 0.394. The highest BCUT2D eigenvalue weighted by Gasteiger charge is 2.15. The van der Waals surface area contributed by atoms with Crippen LogP contribution in [0.5, 0.6) is 5.75 Å². The van der Waals surface area contributed by atoms with E-state index in [-0.39, 0.29) is 0 Å². The zero-order valence-corrected chi connectivity index (χ0v) is 16.8. The van der Waals surface area contributed by atoms with Gasteiger partial charge in [0.05, 0.1) is 6.61 Å². The molecule has 27 heavy (non-hydrogen) atoms. The van der Waals surface area contributed by atoms with Gasteiger partial charge in [-0.25, -0.2) is 0 Å². The second kappa shape index (κ2) is 10.2. The first-order valence-corrected chi connectivity index (χ1v) is 10.6. The Labute approximate surface area is 165 Å². The fraction of sp³-hybridized carbons (Fsp3) is 0.462. The highest BCUT2D eigenvalue weighted by molar-refractivity contribution is 5.65. The van der Waals surface area contributed by atoms with E-state index in [1.807, 2.05) is 0 Å². The normalized spacial score (nSPS) is 19.2. The number of ether oxygens (including phenoxy) is 1. The molecular weight excluding hydrogens is 328 g/mol. The van der Waals surface area contributed by atoms with Crippen molar-refractivity contribution in [3.63, 3.8) is 0 Å². The van der Waals surface area contributed by atoms with E-state index in [9.17, 15) is 0 Å². The van der Waals surface area contributed by atoms with Crippen molar-refractivity contribution in [2.45, 2.75) is 58.8 Å². The maximum atomic E-state index is 5.80. The van der Waals surface area contributed by atoms with Gasteiger partial charge in [-0.1, -0.05) is 62.8 Å². The fourth-order valence-corrected chi connectivity index (χ4v) is 3.62. The van der Waals surface area contributed by atoms with Crippen molar-refractivity contribution in [2.75, 3.05) is 6.61 Å². The van der Waals surface area contributed by atoms with Crippen LogP contribution in [-0.4, -0.2) is 6.61 Å². The highest BCUT2D eigenvalue weighted by atomic mass is 16.5. The second-order valence-corrected chi connectivity index (χ2v) is 7.88. The molecule has 0 unspecified atom stereocenters. The Morgan fingerprint density at radius 1 is 0.852 bits per heavy atom. The Morgan fingerprint density at radius 3 is 2.11 bits per heavy atom. The van der Waals surface area contributed by atoms with E-state index in [4.69, 9.17) is 4.74 Å². The number of rotatable bonds is 6. The van der Waals surface area contributed by atoms with Gasteiger partial charge in [-0.15, -0.1) is 0 Å². The molecule has 0 spiro atoms. The minimum Gasteiger partial charge on any atom is -0.494 e. The van der Waals surface area contributed by atoms with Crippen molar-refractivity contribution in [1.82, 2.24) is 0 Å². The largest absolute Gasteiger partial charge is 0.494 e. The number of hydrogen-bond acceptors (Lipinski definition) is 1. The molecule has 0 atom stereocenters. The van der Waals surface area contributed by atoms with Crippen LogP contribution >= 0.6 is 0 Å². The molecule has 2 aromatic carbocycles. The third-order valence-electron chi connectivity index (χ3n) is 5.53. The van der Waals surface area contributed by atoms with E-state index in [2.05, 4.69) is 74.2 Å². The lowest BCUT2D eigenvalue weighted by atomic mass is 9.83. The molecule has 1 aliphatic carbocycles. The van der Waals surface area contributed by atoms with Crippen molar-refractivity contribution in [2.24, 2.45) is 11.8 Å². The molecule has 1 fully saturated rings. The van der Waals surface area contributed by atoms with E-state index in [0.29, 0.717) is 5.92 Å². The molecule has 1 nitrogen and oxygen atoms in total. The number of unbranched alkanes of at least 4 members (excludes halogenated alkanes) is 2. The summed E-state index contributed by atoms with van der Waals surface area (Å²) in [4.78, 5) is 0. The SMILES string of the molecule is CCCCCOc1ccc(-c2ccc(C#CC3CCC(C)CC3)cc2)cc1. The van der Waals surface area contributed by atoms with Crippen LogP contribution in [0.2, 0.25) is 0 Å².